The van der Waals surface area contributed by atoms with Crippen molar-refractivity contribution < 1.29 is 9.53 Å². The molecular formula is C20H24BrNO2. The molecule has 2 rings (SSSR count). The van der Waals surface area contributed by atoms with Gasteiger partial charge < -0.3 is 10.1 Å². The van der Waals surface area contributed by atoms with Gasteiger partial charge in [0.2, 0.25) is 0 Å². The summed E-state index contributed by atoms with van der Waals surface area (Å²) in [6.07, 6.45) is 0. The number of ether oxygens (including phenoxy) is 1. The van der Waals surface area contributed by atoms with Crippen LogP contribution in [0.5, 0.6) is 5.75 Å². The predicted octanol–water partition coefficient (Wildman–Crippen LogP) is 5.86. The summed E-state index contributed by atoms with van der Waals surface area (Å²) in [6, 6.07) is 13.3. The van der Waals surface area contributed by atoms with Crippen LogP contribution in [0.4, 0.5) is 5.69 Å². The number of rotatable bonds is 6. The van der Waals surface area contributed by atoms with Crippen molar-refractivity contribution in [3.63, 3.8) is 0 Å². The fourth-order valence-corrected chi connectivity index (χ4v) is 2.82. The molecule has 1 N–H and O–H groups in total. The quantitative estimate of drug-likeness (QED) is 0.671. The number of benzene rings is 2. The average molecular weight is 390 g/mol. The Bertz CT molecular complexity index is 711. The summed E-state index contributed by atoms with van der Waals surface area (Å²) in [5, 5.41) is 3.00. The molecule has 2 aromatic carbocycles. The first kappa shape index (κ1) is 18.5. The number of carbonyl (C=O) groups excluding carboxylic acids is 1. The topological polar surface area (TPSA) is 38.3 Å². The Kier molecular flexibility index (Phi) is 6.44. The van der Waals surface area contributed by atoms with Gasteiger partial charge in [0.15, 0.2) is 0 Å². The van der Waals surface area contributed by atoms with Gasteiger partial charge in [-0.1, -0.05) is 45.9 Å². The minimum Gasteiger partial charge on any atom is -0.492 e. The third-order valence-electron chi connectivity index (χ3n) is 3.60. The van der Waals surface area contributed by atoms with Crippen LogP contribution < -0.4 is 10.1 Å². The van der Waals surface area contributed by atoms with E-state index in [0.717, 1.165) is 21.5 Å². The molecule has 0 spiro atoms. The van der Waals surface area contributed by atoms with E-state index in [0.29, 0.717) is 24.0 Å². The molecule has 3 nitrogen and oxygen atoms in total. The standard InChI is InChI=1S/C20H24BrNO2/c1-13(2)12-24-19-10-9-15(11-17(19)21)20(23)22-18-8-6-5-7-16(18)14(3)4/h5-11,13-14H,12H2,1-4H3,(H,22,23). The number of amides is 1. The molecule has 0 saturated carbocycles. The molecule has 4 heteroatoms. The third-order valence-corrected chi connectivity index (χ3v) is 4.22. The van der Waals surface area contributed by atoms with Gasteiger partial charge in [0.25, 0.3) is 5.91 Å². The molecule has 0 radical (unpaired) electrons. The van der Waals surface area contributed by atoms with Gasteiger partial charge in [-0.3, -0.25) is 4.79 Å². The van der Waals surface area contributed by atoms with Crippen molar-refractivity contribution in [2.45, 2.75) is 33.6 Å². The van der Waals surface area contributed by atoms with Gasteiger partial charge in [-0.2, -0.15) is 0 Å². The van der Waals surface area contributed by atoms with Gasteiger partial charge in [-0.25, -0.2) is 0 Å². The molecule has 0 aliphatic rings. The van der Waals surface area contributed by atoms with E-state index in [1.165, 1.54) is 0 Å². The third kappa shape index (κ3) is 4.84. The van der Waals surface area contributed by atoms with Crippen molar-refractivity contribution in [1.82, 2.24) is 0 Å². The second-order valence-corrected chi connectivity index (χ2v) is 7.40. The zero-order valence-corrected chi connectivity index (χ0v) is 16.2. The molecule has 128 valence electrons. The van der Waals surface area contributed by atoms with E-state index in [9.17, 15) is 4.79 Å². The van der Waals surface area contributed by atoms with Crippen LogP contribution in [-0.4, -0.2) is 12.5 Å². The molecule has 0 saturated heterocycles. The molecule has 0 atom stereocenters. The average Bonchev–Trinajstić information content (AvgIpc) is 2.53. The van der Waals surface area contributed by atoms with Crippen molar-refractivity contribution in [1.29, 1.82) is 0 Å². The SMILES string of the molecule is CC(C)COc1ccc(C(=O)Nc2ccccc2C(C)C)cc1Br. The summed E-state index contributed by atoms with van der Waals surface area (Å²) in [7, 11) is 0. The number of hydrogen-bond donors (Lipinski definition) is 1. The fourth-order valence-electron chi connectivity index (χ4n) is 2.32. The number of halogens is 1. The van der Waals surface area contributed by atoms with Crippen LogP contribution in [-0.2, 0) is 0 Å². The van der Waals surface area contributed by atoms with Crippen LogP contribution in [0.15, 0.2) is 46.9 Å². The second-order valence-electron chi connectivity index (χ2n) is 6.55. The van der Waals surface area contributed by atoms with Crippen LogP contribution in [0.1, 0.15) is 49.5 Å². The summed E-state index contributed by atoms with van der Waals surface area (Å²) in [4.78, 5) is 12.5. The first-order chi connectivity index (χ1) is 11.4. The Morgan fingerprint density at radius 3 is 2.46 bits per heavy atom. The molecule has 1 amide bonds. The van der Waals surface area contributed by atoms with Crippen molar-refractivity contribution >= 4 is 27.5 Å². The molecule has 24 heavy (non-hydrogen) atoms. The number of anilines is 1. The van der Waals surface area contributed by atoms with Gasteiger partial charge in [0.1, 0.15) is 5.75 Å². The summed E-state index contributed by atoms with van der Waals surface area (Å²) < 4.78 is 6.51. The van der Waals surface area contributed by atoms with E-state index < -0.39 is 0 Å². The maximum atomic E-state index is 12.5. The highest BCUT2D eigenvalue weighted by Gasteiger charge is 2.13. The van der Waals surface area contributed by atoms with Gasteiger partial charge in [-0.05, 0) is 57.6 Å². The highest BCUT2D eigenvalue weighted by Crippen LogP contribution is 2.28. The van der Waals surface area contributed by atoms with E-state index in [1.54, 1.807) is 12.1 Å². The molecule has 0 fully saturated rings. The van der Waals surface area contributed by atoms with E-state index in [1.807, 2.05) is 30.3 Å². The second kappa shape index (κ2) is 8.34. The first-order valence-electron chi connectivity index (χ1n) is 8.21. The number of hydrogen-bond acceptors (Lipinski definition) is 2. The highest BCUT2D eigenvalue weighted by molar-refractivity contribution is 9.10. The van der Waals surface area contributed by atoms with E-state index in [-0.39, 0.29) is 5.91 Å². The first-order valence-corrected chi connectivity index (χ1v) is 9.00. The Morgan fingerprint density at radius 2 is 1.83 bits per heavy atom. The van der Waals surface area contributed by atoms with E-state index in [2.05, 4.69) is 48.9 Å². The lowest BCUT2D eigenvalue weighted by Gasteiger charge is -2.14. The van der Waals surface area contributed by atoms with Gasteiger partial charge in [-0.15, -0.1) is 0 Å². The lowest BCUT2D eigenvalue weighted by atomic mass is 10.0. The van der Waals surface area contributed by atoms with Crippen LogP contribution in [0.25, 0.3) is 0 Å². The Balaban J connectivity index is 2.15. The smallest absolute Gasteiger partial charge is 0.255 e. The summed E-state index contributed by atoms with van der Waals surface area (Å²) >= 11 is 3.48. The molecule has 2 aromatic rings. The monoisotopic (exact) mass is 389 g/mol. The molecule has 0 unspecified atom stereocenters. The molecule has 0 aliphatic carbocycles. The molecule has 0 heterocycles. The number of nitrogens with one attached hydrogen (secondary N) is 1. The molecule has 0 aliphatic heterocycles. The minimum absolute atomic E-state index is 0.126. The number of para-hydroxylation sites is 1. The predicted molar refractivity (Wildman–Crippen MR) is 103 cm³/mol. The van der Waals surface area contributed by atoms with Crippen molar-refractivity contribution in [3.05, 3.63) is 58.1 Å². The summed E-state index contributed by atoms with van der Waals surface area (Å²) in [5.41, 5.74) is 2.58. The highest BCUT2D eigenvalue weighted by atomic mass is 79.9. The maximum Gasteiger partial charge on any atom is 0.255 e. The fraction of sp³-hybridized carbons (Fsp3) is 0.350. The van der Waals surface area contributed by atoms with Gasteiger partial charge in [0, 0.05) is 11.3 Å². The maximum absolute atomic E-state index is 12.5. The van der Waals surface area contributed by atoms with Crippen LogP contribution in [0.2, 0.25) is 0 Å². The van der Waals surface area contributed by atoms with Crippen molar-refractivity contribution in [2.24, 2.45) is 5.92 Å². The Labute approximate surface area is 152 Å². The zero-order chi connectivity index (χ0) is 17.7. The lowest BCUT2D eigenvalue weighted by molar-refractivity contribution is 0.102. The molecule has 0 aromatic heterocycles. The number of carbonyl (C=O) groups is 1. The van der Waals surface area contributed by atoms with E-state index >= 15 is 0 Å². The summed E-state index contributed by atoms with van der Waals surface area (Å²) in [5.74, 6) is 1.43. The largest absolute Gasteiger partial charge is 0.492 e. The molecule has 0 bridgehead atoms. The van der Waals surface area contributed by atoms with Crippen molar-refractivity contribution in [2.75, 3.05) is 11.9 Å². The van der Waals surface area contributed by atoms with Gasteiger partial charge in [0.05, 0.1) is 11.1 Å². The van der Waals surface area contributed by atoms with E-state index in [4.69, 9.17) is 4.74 Å². The van der Waals surface area contributed by atoms with Crippen LogP contribution in [0, 0.1) is 5.92 Å². The zero-order valence-electron chi connectivity index (χ0n) is 14.6. The Morgan fingerprint density at radius 1 is 1.12 bits per heavy atom. The summed E-state index contributed by atoms with van der Waals surface area (Å²) in [6.45, 7) is 9.07. The normalized spacial score (nSPS) is 11.0. The molecular weight excluding hydrogens is 366 g/mol. The van der Waals surface area contributed by atoms with Crippen LogP contribution >= 0.6 is 15.9 Å². The minimum atomic E-state index is -0.126. The van der Waals surface area contributed by atoms with Crippen molar-refractivity contribution in [3.8, 4) is 5.75 Å². The van der Waals surface area contributed by atoms with Gasteiger partial charge >= 0.3 is 0 Å². The lowest BCUT2D eigenvalue weighted by Crippen LogP contribution is -2.14. The van der Waals surface area contributed by atoms with Crippen LogP contribution in [0.3, 0.4) is 0 Å². The Hall–Kier alpha value is -1.81.